The van der Waals surface area contributed by atoms with Crippen LogP contribution in [-0.2, 0) is 9.53 Å². The molecule has 0 spiro atoms. The minimum Gasteiger partial charge on any atom is -0.466 e. The monoisotopic (exact) mass is 408 g/mol. The molecule has 172 valence electrons. The quantitative estimate of drug-likeness (QED) is 0.121. The SMILES string of the molecule is CCCCCCCCC=CCCCCCCCC(=O)OCCC(C)CC(C)(C)C. The summed E-state index contributed by atoms with van der Waals surface area (Å²) in [5.74, 6) is 0.605. The van der Waals surface area contributed by atoms with Crippen LogP contribution in [0.3, 0.4) is 0 Å². The fourth-order valence-electron chi connectivity index (χ4n) is 3.93. The van der Waals surface area contributed by atoms with Crippen LogP contribution in [-0.4, -0.2) is 12.6 Å². The number of ether oxygens (including phenoxy) is 1. The van der Waals surface area contributed by atoms with Crippen LogP contribution in [0.4, 0.5) is 0 Å². The average molecular weight is 409 g/mol. The maximum Gasteiger partial charge on any atom is 0.305 e. The van der Waals surface area contributed by atoms with Crippen molar-refractivity contribution < 1.29 is 9.53 Å². The molecule has 0 rings (SSSR count). The van der Waals surface area contributed by atoms with Crippen molar-refractivity contribution in [3.63, 3.8) is 0 Å². The minimum absolute atomic E-state index is 0.00872. The van der Waals surface area contributed by atoms with Crippen LogP contribution in [0.1, 0.15) is 137 Å². The maximum atomic E-state index is 11.8. The molecular weight excluding hydrogens is 356 g/mol. The molecule has 1 atom stereocenters. The van der Waals surface area contributed by atoms with Crippen molar-refractivity contribution in [2.45, 2.75) is 137 Å². The van der Waals surface area contributed by atoms with E-state index in [-0.39, 0.29) is 5.97 Å². The Morgan fingerprint density at radius 1 is 0.828 bits per heavy atom. The summed E-state index contributed by atoms with van der Waals surface area (Å²) in [7, 11) is 0. The van der Waals surface area contributed by atoms with E-state index in [9.17, 15) is 4.79 Å². The molecular formula is C27H52O2. The highest BCUT2D eigenvalue weighted by atomic mass is 16.5. The van der Waals surface area contributed by atoms with Crippen LogP contribution in [0.25, 0.3) is 0 Å². The molecule has 0 radical (unpaired) electrons. The Bertz CT molecular complexity index is 392. The van der Waals surface area contributed by atoms with Gasteiger partial charge in [-0.05, 0) is 56.3 Å². The van der Waals surface area contributed by atoms with Crippen LogP contribution < -0.4 is 0 Å². The third-order valence-electron chi connectivity index (χ3n) is 5.48. The van der Waals surface area contributed by atoms with Gasteiger partial charge in [0.15, 0.2) is 0 Å². The van der Waals surface area contributed by atoms with Gasteiger partial charge in [-0.2, -0.15) is 0 Å². The Morgan fingerprint density at radius 3 is 1.90 bits per heavy atom. The Kier molecular flexibility index (Phi) is 18.7. The van der Waals surface area contributed by atoms with Crippen molar-refractivity contribution in [1.29, 1.82) is 0 Å². The smallest absolute Gasteiger partial charge is 0.305 e. The summed E-state index contributed by atoms with van der Waals surface area (Å²) in [6.07, 6.45) is 24.2. The molecule has 0 aromatic rings. The van der Waals surface area contributed by atoms with E-state index in [1.165, 1.54) is 77.0 Å². The number of hydrogen-bond donors (Lipinski definition) is 0. The van der Waals surface area contributed by atoms with E-state index in [4.69, 9.17) is 4.74 Å². The Morgan fingerprint density at radius 2 is 1.34 bits per heavy atom. The summed E-state index contributed by atoms with van der Waals surface area (Å²) in [6, 6.07) is 0. The lowest BCUT2D eigenvalue weighted by Crippen LogP contribution is -2.14. The van der Waals surface area contributed by atoms with E-state index < -0.39 is 0 Å². The van der Waals surface area contributed by atoms with Gasteiger partial charge in [0.1, 0.15) is 0 Å². The first-order chi connectivity index (χ1) is 13.8. The topological polar surface area (TPSA) is 26.3 Å². The summed E-state index contributed by atoms with van der Waals surface area (Å²) in [5, 5.41) is 0. The predicted octanol–water partition coefficient (Wildman–Crippen LogP) is 9.03. The van der Waals surface area contributed by atoms with Gasteiger partial charge in [0, 0.05) is 6.42 Å². The number of rotatable bonds is 19. The van der Waals surface area contributed by atoms with E-state index in [0.717, 1.165) is 19.3 Å². The molecule has 0 bridgehead atoms. The van der Waals surface area contributed by atoms with E-state index >= 15 is 0 Å². The molecule has 0 N–H and O–H groups in total. The highest BCUT2D eigenvalue weighted by Crippen LogP contribution is 2.25. The lowest BCUT2D eigenvalue weighted by Gasteiger charge is -2.22. The number of hydrogen-bond acceptors (Lipinski definition) is 2. The van der Waals surface area contributed by atoms with E-state index in [1.54, 1.807) is 0 Å². The fraction of sp³-hybridized carbons (Fsp3) is 0.889. The maximum absolute atomic E-state index is 11.8. The lowest BCUT2D eigenvalue weighted by atomic mass is 9.84. The molecule has 2 heteroatoms. The number of esters is 1. The molecule has 0 aliphatic rings. The van der Waals surface area contributed by atoms with Crippen LogP contribution in [0, 0.1) is 11.3 Å². The van der Waals surface area contributed by atoms with Gasteiger partial charge >= 0.3 is 5.97 Å². The summed E-state index contributed by atoms with van der Waals surface area (Å²) in [5.41, 5.74) is 0.354. The average Bonchev–Trinajstić information content (AvgIpc) is 2.63. The highest BCUT2D eigenvalue weighted by molar-refractivity contribution is 5.69. The first-order valence-corrected chi connectivity index (χ1v) is 12.7. The largest absolute Gasteiger partial charge is 0.466 e. The predicted molar refractivity (Wildman–Crippen MR) is 128 cm³/mol. The number of allylic oxidation sites excluding steroid dienone is 2. The fourth-order valence-corrected chi connectivity index (χ4v) is 3.93. The van der Waals surface area contributed by atoms with Gasteiger partial charge in [0.05, 0.1) is 6.61 Å². The molecule has 0 aliphatic heterocycles. The number of unbranched alkanes of at least 4 members (excludes halogenated alkanes) is 11. The van der Waals surface area contributed by atoms with Crippen molar-refractivity contribution in [2.75, 3.05) is 6.61 Å². The van der Waals surface area contributed by atoms with Crippen molar-refractivity contribution in [3.8, 4) is 0 Å². The van der Waals surface area contributed by atoms with Crippen molar-refractivity contribution in [2.24, 2.45) is 11.3 Å². The Labute approximate surface area is 183 Å². The third-order valence-corrected chi connectivity index (χ3v) is 5.48. The van der Waals surface area contributed by atoms with Crippen molar-refractivity contribution in [3.05, 3.63) is 12.2 Å². The highest BCUT2D eigenvalue weighted by Gasteiger charge is 2.15. The molecule has 0 aromatic heterocycles. The molecule has 0 saturated carbocycles. The molecule has 0 aliphatic carbocycles. The van der Waals surface area contributed by atoms with Gasteiger partial charge in [0.2, 0.25) is 0 Å². The van der Waals surface area contributed by atoms with Crippen molar-refractivity contribution >= 4 is 5.97 Å². The van der Waals surface area contributed by atoms with E-state index in [1.807, 2.05) is 0 Å². The molecule has 0 heterocycles. The van der Waals surface area contributed by atoms with Crippen LogP contribution in [0.5, 0.6) is 0 Å². The summed E-state index contributed by atoms with van der Waals surface area (Å²) in [4.78, 5) is 11.8. The minimum atomic E-state index is -0.00872. The zero-order valence-electron chi connectivity index (χ0n) is 20.6. The van der Waals surface area contributed by atoms with E-state index in [2.05, 4.69) is 46.8 Å². The molecule has 0 amide bonds. The van der Waals surface area contributed by atoms with Crippen LogP contribution >= 0.6 is 0 Å². The molecule has 2 nitrogen and oxygen atoms in total. The van der Waals surface area contributed by atoms with Gasteiger partial charge in [-0.1, -0.05) is 98.1 Å². The second-order valence-corrected chi connectivity index (χ2v) is 10.2. The molecule has 29 heavy (non-hydrogen) atoms. The lowest BCUT2D eigenvalue weighted by molar-refractivity contribution is -0.144. The van der Waals surface area contributed by atoms with Gasteiger partial charge < -0.3 is 4.74 Å². The van der Waals surface area contributed by atoms with Gasteiger partial charge in [0.25, 0.3) is 0 Å². The zero-order chi connectivity index (χ0) is 21.8. The third kappa shape index (κ3) is 23.4. The Balaban J connectivity index is 3.35. The summed E-state index contributed by atoms with van der Waals surface area (Å²) >= 11 is 0. The second-order valence-electron chi connectivity index (χ2n) is 10.2. The van der Waals surface area contributed by atoms with E-state index in [0.29, 0.717) is 24.4 Å². The van der Waals surface area contributed by atoms with Gasteiger partial charge in [-0.15, -0.1) is 0 Å². The Hall–Kier alpha value is -0.790. The summed E-state index contributed by atoms with van der Waals surface area (Å²) < 4.78 is 5.40. The van der Waals surface area contributed by atoms with Crippen LogP contribution in [0.15, 0.2) is 12.2 Å². The zero-order valence-corrected chi connectivity index (χ0v) is 20.6. The molecule has 0 aromatic carbocycles. The molecule has 0 fully saturated rings. The van der Waals surface area contributed by atoms with Gasteiger partial charge in [-0.25, -0.2) is 0 Å². The second kappa shape index (κ2) is 19.2. The first kappa shape index (κ1) is 28.2. The molecule has 1 unspecified atom stereocenters. The van der Waals surface area contributed by atoms with Gasteiger partial charge in [-0.3, -0.25) is 4.79 Å². The normalized spacial score (nSPS) is 13.1. The van der Waals surface area contributed by atoms with Crippen LogP contribution in [0.2, 0.25) is 0 Å². The summed E-state index contributed by atoms with van der Waals surface area (Å²) in [6.45, 7) is 11.9. The first-order valence-electron chi connectivity index (χ1n) is 12.7. The van der Waals surface area contributed by atoms with Crippen molar-refractivity contribution in [1.82, 2.24) is 0 Å². The molecule has 0 saturated heterocycles. The standard InChI is InChI=1S/C27H52O2/c1-6-7-8-9-10-11-12-13-14-15-16-17-18-19-20-21-26(28)29-23-22-25(2)24-27(3,4)5/h13-14,25H,6-12,15-24H2,1-5H3. The number of carbonyl (C=O) groups excluding carboxylic acids is 1. The number of carbonyl (C=O) groups is 1.